The van der Waals surface area contributed by atoms with Gasteiger partial charge in [0.2, 0.25) is 0 Å². The first-order valence-corrected chi connectivity index (χ1v) is 5.68. The minimum atomic E-state index is -1.20. The first kappa shape index (κ1) is 14.9. The molecule has 2 N–H and O–H groups in total. The highest BCUT2D eigenvalue weighted by Crippen LogP contribution is 2.07. The first-order valence-electron chi connectivity index (χ1n) is 5.68. The third-order valence-corrected chi connectivity index (χ3v) is 2.64. The molecule has 0 aliphatic carbocycles. The van der Waals surface area contributed by atoms with E-state index in [1.165, 1.54) is 4.90 Å². The molecule has 0 aliphatic rings. The molecule has 0 heterocycles. The van der Waals surface area contributed by atoms with Crippen LogP contribution in [0.5, 0.6) is 0 Å². The number of ether oxygens (including phenoxy) is 1. The molecule has 94 valence electrons. The van der Waals surface area contributed by atoms with Gasteiger partial charge >= 0.3 is 5.97 Å². The van der Waals surface area contributed by atoms with Crippen molar-refractivity contribution in [3.8, 4) is 0 Å². The third kappa shape index (κ3) is 3.81. The fourth-order valence-electron chi connectivity index (χ4n) is 1.57. The number of hydrogen-bond donors (Lipinski definition) is 1. The fraction of sp³-hybridized carbons (Fsp3) is 0.818. The molecule has 0 aromatic heterocycles. The molecule has 0 aromatic carbocycles. The summed E-state index contributed by atoms with van der Waals surface area (Å²) in [5, 5.41) is 0. The van der Waals surface area contributed by atoms with Gasteiger partial charge in [0.1, 0.15) is 0 Å². The summed E-state index contributed by atoms with van der Waals surface area (Å²) < 4.78 is 4.71. The minimum absolute atomic E-state index is 0.118. The lowest BCUT2D eigenvalue weighted by Crippen LogP contribution is -2.50. The van der Waals surface area contributed by atoms with Crippen LogP contribution in [0.25, 0.3) is 0 Å². The van der Waals surface area contributed by atoms with Gasteiger partial charge in [-0.15, -0.1) is 0 Å². The predicted octanol–water partition coefficient (Wildman–Crippen LogP) is 0.524. The summed E-state index contributed by atoms with van der Waals surface area (Å²) >= 11 is 0. The van der Waals surface area contributed by atoms with E-state index in [1.807, 2.05) is 13.8 Å². The van der Waals surface area contributed by atoms with Crippen molar-refractivity contribution in [3.05, 3.63) is 0 Å². The van der Waals surface area contributed by atoms with E-state index in [1.54, 1.807) is 14.0 Å². The normalized spacial score (nSPS) is 12.4. The van der Waals surface area contributed by atoms with E-state index in [4.69, 9.17) is 10.5 Å². The highest BCUT2D eigenvalue weighted by molar-refractivity contribution is 6.01. The van der Waals surface area contributed by atoms with Crippen molar-refractivity contribution in [3.63, 3.8) is 0 Å². The quantitative estimate of drug-likeness (QED) is 0.533. The smallest absolute Gasteiger partial charge is 0.332 e. The molecule has 0 radical (unpaired) electrons. The number of nitrogens with zero attached hydrogens (tertiary/aromatic N) is 1. The predicted molar refractivity (Wildman–Crippen MR) is 61.7 cm³/mol. The van der Waals surface area contributed by atoms with Crippen molar-refractivity contribution in [2.45, 2.75) is 45.7 Å². The van der Waals surface area contributed by atoms with Crippen molar-refractivity contribution in [1.29, 1.82) is 0 Å². The van der Waals surface area contributed by atoms with Gasteiger partial charge in [-0.3, -0.25) is 4.79 Å². The number of esters is 1. The molecular formula is C11H22N2O3. The highest BCUT2D eigenvalue weighted by atomic mass is 16.5. The first-order chi connectivity index (χ1) is 7.49. The van der Waals surface area contributed by atoms with Crippen LogP contribution in [0, 0.1) is 0 Å². The molecule has 0 aromatic rings. The largest absolute Gasteiger partial charge is 0.464 e. The summed E-state index contributed by atoms with van der Waals surface area (Å²) in [6, 6.07) is -1.08. The molecule has 5 heteroatoms. The Hall–Kier alpha value is -1.10. The number of hydrogen-bond acceptors (Lipinski definition) is 4. The summed E-state index contributed by atoms with van der Waals surface area (Å²) in [5.41, 5.74) is 5.53. The maximum atomic E-state index is 11.8. The number of carbonyl (C=O) groups excluding carboxylic acids is 2. The number of rotatable bonds is 6. The average Bonchev–Trinajstić information content (AvgIpc) is 2.28. The average molecular weight is 230 g/mol. The van der Waals surface area contributed by atoms with Crippen LogP contribution in [-0.4, -0.2) is 42.5 Å². The van der Waals surface area contributed by atoms with Gasteiger partial charge in [0, 0.05) is 13.1 Å². The summed E-state index contributed by atoms with van der Waals surface area (Å²) in [7, 11) is 1.67. The summed E-state index contributed by atoms with van der Waals surface area (Å²) in [6.07, 6.45) is 1.68. The van der Waals surface area contributed by atoms with Crippen LogP contribution in [-0.2, 0) is 14.3 Å². The molecule has 0 fully saturated rings. The number of amides is 1. The Kier molecular flexibility index (Phi) is 6.72. The van der Waals surface area contributed by atoms with Gasteiger partial charge < -0.3 is 15.4 Å². The molecule has 16 heavy (non-hydrogen) atoms. The zero-order valence-corrected chi connectivity index (χ0v) is 10.5. The topological polar surface area (TPSA) is 72.6 Å². The molecular weight excluding hydrogens is 208 g/mol. The van der Waals surface area contributed by atoms with Crippen molar-refractivity contribution < 1.29 is 14.3 Å². The van der Waals surface area contributed by atoms with Crippen molar-refractivity contribution in [2.75, 3.05) is 13.7 Å². The Labute approximate surface area is 96.9 Å². The summed E-state index contributed by atoms with van der Waals surface area (Å²) in [4.78, 5) is 24.6. The fourth-order valence-corrected chi connectivity index (χ4v) is 1.57. The minimum Gasteiger partial charge on any atom is -0.464 e. The second-order valence-electron chi connectivity index (χ2n) is 3.65. The molecule has 0 spiro atoms. The van der Waals surface area contributed by atoms with Crippen molar-refractivity contribution >= 4 is 11.9 Å². The van der Waals surface area contributed by atoms with E-state index < -0.39 is 12.0 Å². The van der Waals surface area contributed by atoms with E-state index in [2.05, 4.69) is 0 Å². The Balaban J connectivity index is 4.47. The van der Waals surface area contributed by atoms with Crippen LogP contribution in [0.3, 0.4) is 0 Å². The van der Waals surface area contributed by atoms with Gasteiger partial charge in [0.25, 0.3) is 5.91 Å². The third-order valence-electron chi connectivity index (χ3n) is 2.64. The van der Waals surface area contributed by atoms with Gasteiger partial charge in [-0.05, 0) is 19.8 Å². The lowest BCUT2D eigenvalue weighted by Gasteiger charge is -2.28. The van der Waals surface area contributed by atoms with E-state index >= 15 is 0 Å². The Bertz CT molecular complexity index is 239. The summed E-state index contributed by atoms with van der Waals surface area (Å²) in [6.45, 7) is 5.90. The van der Waals surface area contributed by atoms with E-state index in [0.29, 0.717) is 0 Å². The van der Waals surface area contributed by atoms with Crippen LogP contribution < -0.4 is 5.73 Å². The van der Waals surface area contributed by atoms with E-state index in [-0.39, 0.29) is 18.6 Å². The Morgan fingerprint density at radius 2 is 1.75 bits per heavy atom. The summed E-state index contributed by atoms with van der Waals surface area (Å²) in [5.74, 6) is -1.04. The molecule has 1 atom stereocenters. The van der Waals surface area contributed by atoms with Crippen LogP contribution in [0.2, 0.25) is 0 Å². The molecule has 0 bridgehead atoms. The van der Waals surface area contributed by atoms with E-state index in [9.17, 15) is 9.59 Å². The molecule has 0 saturated carbocycles. The number of carbonyl (C=O) groups is 2. The molecule has 5 nitrogen and oxygen atoms in total. The number of nitrogens with two attached hydrogens (primary N) is 1. The second-order valence-corrected chi connectivity index (χ2v) is 3.65. The zero-order chi connectivity index (χ0) is 12.7. The second kappa shape index (κ2) is 7.22. The maximum absolute atomic E-state index is 11.8. The lowest BCUT2D eigenvalue weighted by atomic mass is 10.1. The van der Waals surface area contributed by atoms with Gasteiger partial charge in [-0.2, -0.15) is 0 Å². The molecule has 1 unspecified atom stereocenters. The van der Waals surface area contributed by atoms with Crippen LogP contribution in [0.15, 0.2) is 0 Å². The SMILES string of the molecule is CCOC(=O)C(N)C(=O)N(C)C(CC)CC. The molecule has 1 amide bonds. The van der Waals surface area contributed by atoms with Crippen LogP contribution >= 0.6 is 0 Å². The maximum Gasteiger partial charge on any atom is 0.332 e. The Morgan fingerprint density at radius 3 is 2.12 bits per heavy atom. The molecule has 0 aliphatic heterocycles. The number of likely N-dealkylation sites (N-methyl/N-ethyl adjacent to an activating group) is 1. The van der Waals surface area contributed by atoms with Crippen molar-refractivity contribution in [1.82, 2.24) is 4.90 Å². The lowest BCUT2D eigenvalue weighted by molar-refractivity contribution is -0.151. The highest BCUT2D eigenvalue weighted by Gasteiger charge is 2.28. The van der Waals surface area contributed by atoms with E-state index in [0.717, 1.165) is 12.8 Å². The van der Waals surface area contributed by atoms with Crippen LogP contribution in [0.1, 0.15) is 33.6 Å². The Morgan fingerprint density at radius 1 is 1.25 bits per heavy atom. The molecule has 0 rings (SSSR count). The van der Waals surface area contributed by atoms with Gasteiger partial charge in [0.05, 0.1) is 6.61 Å². The van der Waals surface area contributed by atoms with Gasteiger partial charge in [0.15, 0.2) is 6.04 Å². The monoisotopic (exact) mass is 230 g/mol. The standard InChI is InChI=1S/C11H22N2O3/c1-5-8(6-2)13(4)10(14)9(12)11(15)16-7-3/h8-9H,5-7,12H2,1-4H3. The van der Waals surface area contributed by atoms with Crippen LogP contribution in [0.4, 0.5) is 0 Å². The van der Waals surface area contributed by atoms with Gasteiger partial charge in [-0.1, -0.05) is 13.8 Å². The van der Waals surface area contributed by atoms with Crippen molar-refractivity contribution in [2.24, 2.45) is 5.73 Å². The zero-order valence-electron chi connectivity index (χ0n) is 10.5. The van der Waals surface area contributed by atoms with Gasteiger partial charge in [-0.25, -0.2) is 4.79 Å². The molecule has 0 saturated heterocycles.